The quantitative estimate of drug-likeness (QED) is 0.186. The Labute approximate surface area is 214 Å². The molecule has 1 saturated heterocycles. The van der Waals surface area contributed by atoms with Crippen molar-refractivity contribution >= 4 is 26.0 Å². The van der Waals surface area contributed by atoms with E-state index < -0.39 is 26.4 Å². The molecular weight excluding hydrogens is 489 g/mol. The summed E-state index contributed by atoms with van der Waals surface area (Å²) in [7, 11) is -2.17. The van der Waals surface area contributed by atoms with Crippen LogP contribution in [-0.2, 0) is 9.59 Å². The fraction of sp³-hybridized carbons (Fsp3) is 0.652. The highest BCUT2D eigenvalue weighted by atomic mass is 31.2. The number of aliphatic carboxylic acids is 2. The Balaban J connectivity index is 0.00000316. The lowest BCUT2D eigenvalue weighted by atomic mass is 10.1. The number of anilines is 1. The van der Waals surface area contributed by atoms with Gasteiger partial charge in [-0.1, -0.05) is 32.0 Å². The largest absolute Gasteiger partial charge is 0.480 e. The molecule has 0 amide bonds. The van der Waals surface area contributed by atoms with E-state index in [2.05, 4.69) is 0 Å². The molecule has 1 heterocycles. The van der Waals surface area contributed by atoms with E-state index in [1.54, 1.807) is 34.1 Å². The molecule has 12 nitrogen and oxygen atoms in total. The maximum atomic E-state index is 11.4. The van der Waals surface area contributed by atoms with Gasteiger partial charge in [0.2, 0.25) is 0 Å². The fourth-order valence-electron chi connectivity index (χ4n) is 3.94. The zero-order valence-electron chi connectivity index (χ0n) is 21.2. The molecule has 7 N–H and O–H groups in total. The number of rotatable bonds is 9. The minimum Gasteiger partial charge on any atom is -0.480 e. The van der Waals surface area contributed by atoms with Crippen molar-refractivity contribution in [3.8, 4) is 0 Å². The summed E-state index contributed by atoms with van der Waals surface area (Å²) in [5.41, 5.74) is 7.10. The first-order valence-electron chi connectivity index (χ1n) is 12.1. The third kappa shape index (κ3) is 12.9. The SMILES string of the molecule is CC.Nc1ccccc1C(O)CN1CCN(CC(=O)O)CCN(CP(O)O)CCN(CC(=O)O)CC1. The van der Waals surface area contributed by atoms with Crippen molar-refractivity contribution < 1.29 is 34.7 Å². The van der Waals surface area contributed by atoms with Gasteiger partial charge in [0.15, 0.2) is 8.38 Å². The van der Waals surface area contributed by atoms with Crippen LogP contribution in [0.3, 0.4) is 0 Å². The van der Waals surface area contributed by atoms with Gasteiger partial charge in [0.25, 0.3) is 0 Å². The van der Waals surface area contributed by atoms with Crippen LogP contribution in [0, 0.1) is 0 Å². The molecule has 1 aliphatic heterocycles. The first kappa shape index (κ1) is 32.1. The van der Waals surface area contributed by atoms with Crippen LogP contribution in [0.15, 0.2) is 24.3 Å². The number of aliphatic hydroxyl groups is 1. The Morgan fingerprint density at radius 1 is 0.833 bits per heavy atom. The number of hydrogen-bond acceptors (Lipinski definition) is 10. The predicted octanol–water partition coefficient (Wildman–Crippen LogP) is -0.0268. The minimum atomic E-state index is -2.17. The smallest absolute Gasteiger partial charge is 0.317 e. The molecule has 1 aliphatic rings. The summed E-state index contributed by atoms with van der Waals surface area (Å²) in [6, 6.07) is 7.06. The molecule has 1 fully saturated rings. The van der Waals surface area contributed by atoms with E-state index in [9.17, 15) is 34.7 Å². The molecule has 1 atom stereocenters. The number of para-hydroxylation sites is 1. The number of carboxylic acids is 2. The van der Waals surface area contributed by atoms with E-state index in [1.165, 1.54) is 0 Å². The van der Waals surface area contributed by atoms with Crippen molar-refractivity contribution in [2.75, 3.05) is 84.0 Å². The van der Waals surface area contributed by atoms with Gasteiger partial charge in [-0.2, -0.15) is 0 Å². The standard InChI is InChI=1S/C21H36N5O7P.C2H6/c22-18-4-2-1-3-17(18)19(27)13-23-5-7-24(14-20(28)29)9-11-26(16-34(32)33)12-10-25(8-6-23)15-21(30)31;1-2/h1-4,19,27,32-33H,5-16,22H2,(H,28,29)(H,30,31);1-2H3. The summed E-state index contributed by atoms with van der Waals surface area (Å²) in [5.74, 6) is -1.91. The van der Waals surface area contributed by atoms with Crippen molar-refractivity contribution in [3.05, 3.63) is 29.8 Å². The average molecular weight is 532 g/mol. The van der Waals surface area contributed by atoms with Crippen molar-refractivity contribution in [1.82, 2.24) is 19.6 Å². The maximum Gasteiger partial charge on any atom is 0.317 e. The molecule has 1 unspecified atom stereocenters. The van der Waals surface area contributed by atoms with Gasteiger partial charge in [-0.3, -0.25) is 29.2 Å². The first-order valence-corrected chi connectivity index (χ1v) is 13.6. The Bertz CT molecular complexity index is 757. The number of carbonyl (C=O) groups is 2. The highest BCUT2D eigenvalue weighted by Crippen LogP contribution is 2.24. The van der Waals surface area contributed by atoms with Crippen LogP contribution in [0.2, 0.25) is 0 Å². The number of nitrogens with two attached hydrogens (primary N) is 1. The highest BCUT2D eigenvalue weighted by Gasteiger charge is 2.22. The Kier molecular flexibility index (Phi) is 15.7. The van der Waals surface area contributed by atoms with Crippen molar-refractivity contribution in [3.63, 3.8) is 0 Å². The summed E-state index contributed by atoms with van der Waals surface area (Å²) in [6.07, 6.45) is -0.799. The van der Waals surface area contributed by atoms with Gasteiger partial charge < -0.3 is 30.8 Å². The molecule has 0 bridgehead atoms. The summed E-state index contributed by atoms with van der Waals surface area (Å²) >= 11 is 0. The zero-order chi connectivity index (χ0) is 27.1. The van der Waals surface area contributed by atoms with Gasteiger partial charge in [0.05, 0.1) is 25.5 Å². The van der Waals surface area contributed by atoms with Crippen molar-refractivity contribution in [2.45, 2.75) is 20.0 Å². The molecule has 0 radical (unpaired) electrons. The van der Waals surface area contributed by atoms with E-state index in [-0.39, 0.29) is 25.9 Å². The fourth-order valence-corrected chi connectivity index (χ4v) is 4.58. The lowest BCUT2D eigenvalue weighted by Gasteiger charge is -2.34. The highest BCUT2D eigenvalue weighted by molar-refractivity contribution is 7.44. The predicted molar refractivity (Wildman–Crippen MR) is 140 cm³/mol. The number of aliphatic hydroxyl groups excluding tert-OH is 1. The van der Waals surface area contributed by atoms with Crippen LogP contribution >= 0.6 is 8.38 Å². The topological polar surface area (TPSA) is 174 Å². The number of carboxylic acid groups (broad SMARTS) is 2. The summed E-state index contributed by atoms with van der Waals surface area (Å²) < 4.78 is 0. The van der Waals surface area contributed by atoms with E-state index in [0.717, 1.165) is 0 Å². The van der Waals surface area contributed by atoms with Gasteiger partial charge >= 0.3 is 11.9 Å². The van der Waals surface area contributed by atoms with Gasteiger partial charge in [-0.25, -0.2) is 0 Å². The van der Waals surface area contributed by atoms with Crippen molar-refractivity contribution in [2.24, 2.45) is 0 Å². The van der Waals surface area contributed by atoms with Crippen LogP contribution in [0.25, 0.3) is 0 Å². The van der Waals surface area contributed by atoms with Crippen LogP contribution in [0.4, 0.5) is 5.69 Å². The van der Waals surface area contributed by atoms with Gasteiger partial charge in [0, 0.05) is 70.2 Å². The second kappa shape index (κ2) is 17.5. The van der Waals surface area contributed by atoms with Gasteiger partial charge in [-0.05, 0) is 6.07 Å². The van der Waals surface area contributed by atoms with E-state index in [1.807, 2.05) is 23.6 Å². The molecule has 0 aromatic heterocycles. The molecule has 2 rings (SSSR count). The molecule has 0 aliphatic carbocycles. The second-order valence-corrected chi connectivity index (χ2v) is 9.44. The minimum absolute atomic E-state index is 0.0496. The van der Waals surface area contributed by atoms with E-state index in [0.29, 0.717) is 63.6 Å². The molecule has 0 saturated carbocycles. The van der Waals surface area contributed by atoms with Crippen molar-refractivity contribution in [1.29, 1.82) is 0 Å². The Hall–Kier alpha value is -1.89. The Morgan fingerprint density at radius 2 is 1.25 bits per heavy atom. The number of nitrogen functional groups attached to an aromatic ring is 1. The number of benzene rings is 1. The molecule has 36 heavy (non-hydrogen) atoms. The summed E-state index contributed by atoms with van der Waals surface area (Å²) in [6.45, 7) is 7.34. The number of hydrogen-bond donors (Lipinski definition) is 6. The lowest BCUT2D eigenvalue weighted by molar-refractivity contribution is -0.139. The van der Waals surface area contributed by atoms with Gasteiger partial charge in [-0.15, -0.1) is 0 Å². The summed E-state index contributed by atoms with van der Waals surface area (Å²) in [5, 5.41) is 29.4. The molecule has 1 aromatic rings. The molecule has 206 valence electrons. The van der Waals surface area contributed by atoms with E-state index in [4.69, 9.17) is 5.73 Å². The Morgan fingerprint density at radius 3 is 1.67 bits per heavy atom. The van der Waals surface area contributed by atoms with Gasteiger partial charge in [0.1, 0.15) is 0 Å². The average Bonchev–Trinajstić information content (AvgIpc) is 2.81. The normalized spacial score (nSPS) is 18.5. The zero-order valence-corrected chi connectivity index (χ0v) is 22.1. The van der Waals surface area contributed by atoms with Crippen LogP contribution < -0.4 is 5.73 Å². The number of nitrogens with zero attached hydrogens (tertiary/aromatic N) is 4. The van der Waals surface area contributed by atoms with Crippen LogP contribution in [0.5, 0.6) is 0 Å². The van der Waals surface area contributed by atoms with Crippen LogP contribution in [0.1, 0.15) is 25.5 Å². The first-order chi connectivity index (χ1) is 17.1. The third-order valence-electron chi connectivity index (χ3n) is 5.76. The molecular formula is C23H42N5O7P. The molecule has 13 heteroatoms. The lowest BCUT2D eigenvalue weighted by Crippen LogP contribution is -2.48. The number of β-amino-alcohol motifs (C(OH)–C–C–N with tert-alkyl or cyclic N) is 1. The maximum absolute atomic E-state index is 11.4. The molecule has 1 aromatic carbocycles. The van der Waals surface area contributed by atoms with E-state index >= 15 is 0 Å². The second-order valence-electron chi connectivity index (χ2n) is 8.42. The van der Waals surface area contributed by atoms with Crippen LogP contribution in [-0.4, -0.2) is 135 Å². The summed E-state index contributed by atoms with van der Waals surface area (Å²) in [4.78, 5) is 49.0. The monoisotopic (exact) mass is 531 g/mol. The molecule has 0 spiro atoms. The third-order valence-corrected chi connectivity index (χ3v) is 6.41.